The van der Waals surface area contributed by atoms with Crippen molar-refractivity contribution in [3.63, 3.8) is 0 Å². The van der Waals surface area contributed by atoms with Crippen molar-refractivity contribution >= 4 is 39.0 Å². The fraction of sp³-hybridized carbons (Fsp3) is 0.143. The van der Waals surface area contributed by atoms with Crippen LogP contribution in [0.25, 0.3) is 21.9 Å². The Morgan fingerprint density at radius 3 is 2.06 bits per heavy atom. The Balaban J connectivity index is 1.70. The largest absolute Gasteiger partial charge is 0.508 e. The van der Waals surface area contributed by atoms with E-state index in [9.17, 15) is 5.11 Å². The molecule has 1 heterocycles. The fourth-order valence-corrected chi connectivity index (χ4v) is 4.04. The van der Waals surface area contributed by atoms with Crippen LogP contribution in [0.1, 0.15) is 26.3 Å². The molecule has 5 aromatic rings. The van der Waals surface area contributed by atoms with Crippen LogP contribution in [0.4, 0.5) is 17.1 Å². The minimum atomic E-state index is 0.0863. The van der Waals surface area contributed by atoms with Crippen molar-refractivity contribution < 1.29 is 9.52 Å². The van der Waals surface area contributed by atoms with Crippen LogP contribution in [0, 0.1) is 0 Å². The first-order valence-electron chi connectivity index (χ1n) is 10.5. The molecule has 1 N–H and O–H groups in total. The molecule has 31 heavy (non-hydrogen) atoms. The molecule has 0 saturated heterocycles. The molecule has 0 spiro atoms. The lowest BCUT2D eigenvalue weighted by Gasteiger charge is -2.27. The Hall–Kier alpha value is -3.72. The molecule has 0 bridgehead atoms. The highest BCUT2D eigenvalue weighted by molar-refractivity contribution is 6.06. The van der Waals surface area contributed by atoms with Gasteiger partial charge in [-0.05, 0) is 59.5 Å². The van der Waals surface area contributed by atoms with Crippen LogP contribution < -0.4 is 4.90 Å². The van der Waals surface area contributed by atoms with Crippen LogP contribution in [0.5, 0.6) is 5.75 Å². The zero-order chi connectivity index (χ0) is 21.6. The number of hydrogen-bond donors (Lipinski definition) is 1. The van der Waals surface area contributed by atoms with E-state index in [2.05, 4.69) is 68.1 Å². The number of furan rings is 1. The summed E-state index contributed by atoms with van der Waals surface area (Å²) in [7, 11) is 0. The van der Waals surface area contributed by atoms with Crippen molar-refractivity contribution in [3.8, 4) is 5.75 Å². The number of aromatic hydroxyl groups is 1. The third-order valence-corrected chi connectivity index (χ3v) is 5.70. The lowest BCUT2D eigenvalue weighted by atomic mass is 9.87. The van der Waals surface area contributed by atoms with Crippen molar-refractivity contribution in [2.45, 2.75) is 26.2 Å². The highest BCUT2D eigenvalue weighted by atomic mass is 16.3. The number of rotatable bonds is 3. The van der Waals surface area contributed by atoms with Gasteiger partial charge in [0, 0.05) is 33.9 Å². The smallest absolute Gasteiger partial charge is 0.135 e. The minimum absolute atomic E-state index is 0.0863. The number of phenolic OH excluding ortho intramolecular Hbond substituents is 1. The second kappa shape index (κ2) is 7.21. The number of benzene rings is 4. The Morgan fingerprint density at radius 1 is 0.645 bits per heavy atom. The van der Waals surface area contributed by atoms with Gasteiger partial charge in [0.05, 0.1) is 0 Å². The highest BCUT2D eigenvalue weighted by Crippen LogP contribution is 2.39. The first-order valence-corrected chi connectivity index (χ1v) is 10.5. The number of hydrogen-bond acceptors (Lipinski definition) is 3. The van der Waals surface area contributed by atoms with Gasteiger partial charge in [0.2, 0.25) is 0 Å². The third kappa shape index (κ3) is 3.53. The van der Waals surface area contributed by atoms with Crippen LogP contribution in [0.15, 0.2) is 95.4 Å². The van der Waals surface area contributed by atoms with E-state index in [1.165, 1.54) is 5.56 Å². The predicted octanol–water partition coefficient (Wildman–Crippen LogP) is 8.06. The van der Waals surface area contributed by atoms with E-state index in [-0.39, 0.29) is 11.2 Å². The lowest BCUT2D eigenvalue weighted by Crippen LogP contribution is -2.13. The molecule has 0 unspecified atom stereocenters. The molecule has 3 nitrogen and oxygen atoms in total. The first-order chi connectivity index (χ1) is 14.9. The van der Waals surface area contributed by atoms with Gasteiger partial charge in [-0.3, -0.25) is 0 Å². The van der Waals surface area contributed by atoms with Crippen molar-refractivity contribution in [2.75, 3.05) is 4.90 Å². The number of para-hydroxylation sites is 1. The van der Waals surface area contributed by atoms with Gasteiger partial charge in [-0.2, -0.15) is 0 Å². The molecule has 154 valence electrons. The molecule has 0 fully saturated rings. The molecule has 0 aliphatic carbocycles. The molecule has 0 atom stereocenters. The summed E-state index contributed by atoms with van der Waals surface area (Å²) in [5.41, 5.74) is 6.05. The molecular formula is C28H25NO2. The van der Waals surface area contributed by atoms with Gasteiger partial charge in [-0.15, -0.1) is 0 Å². The van der Waals surface area contributed by atoms with Gasteiger partial charge in [-0.1, -0.05) is 57.2 Å². The average molecular weight is 408 g/mol. The van der Waals surface area contributed by atoms with Crippen LogP contribution in [-0.2, 0) is 5.41 Å². The minimum Gasteiger partial charge on any atom is -0.508 e. The second-order valence-corrected chi connectivity index (χ2v) is 8.93. The maximum atomic E-state index is 10.1. The molecule has 4 aromatic carbocycles. The lowest BCUT2D eigenvalue weighted by molar-refractivity contribution is 0.475. The Morgan fingerprint density at radius 2 is 1.32 bits per heavy atom. The number of fused-ring (bicyclic) bond motifs is 3. The van der Waals surface area contributed by atoms with E-state index in [0.29, 0.717) is 0 Å². The quantitative estimate of drug-likeness (QED) is 0.328. The van der Waals surface area contributed by atoms with Crippen molar-refractivity contribution in [2.24, 2.45) is 0 Å². The summed E-state index contributed by atoms with van der Waals surface area (Å²) in [5.74, 6) is 0.239. The van der Waals surface area contributed by atoms with E-state index in [1.54, 1.807) is 12.1 Å². The topological polar surface area (TPSA) is 36.6 Å². The zero-order valence-electron chi connectivity index (χ0n) is 18.0. The standard InChI is InChI=1S/C28H25NO2/c1-28(2,3)19-11-13-20(14-12-19)29(21-7-6-8-23(30)17-21)22-15-16-27-25(18-22)24-9-4-5-10-26(24)31-27/h4-18,30H,1-3H3. The number of nitrogens with zero attached hydrogens (tertiary/aromatic N) is 1. The molecule has 0 radical (unpaired) electrons. The van der Waals surface area contributed by atoms with E-state index < -0.39 is 0 Å². The fourth-order valence-electron chi connectivity index (χ4n) is 4.04. The summed E-state index contributed by atoms with van der Waals surface area (Å²) in [6.45, 7) is 6.65. The van der Waals surface area contributed by atoms with Gasteiger partial charge < -0.3 is 14.4 Å². The highest BCUT2D eigenvalue weighted by Gasteiger charge is 2.18. The molecule has 1 aromatic heterocycles. The zero-order valence-corrected chi connectivity index (χ0v) is 18.0. The van der Waals surface area contributed by atoms with Crippen molar-refractivity contribution in [1.29, 1.82) is 0 Å². The summed E-state index contributed by atoms with van der Waals surface area (Å²) < 4.78 is 6.01. The third-order valence-electron chi connectivity index (χ3n) is 5.70. The van der Waals surface area contributed by atoms with Gasteiger partial charge in [0.15, 0.2) is 0 Å². The van der Waals surface area contributed by atoms with E-state index in [0.717, 1.165) is 39.0 Å². The number of phenols is 1. The molecule has 3 heteroatoms. The van der Waals surface area contributed by atoms with Crippen LogP contribution in [0.3, 0.4) is 0 Å². The van der Waals surface area contributed by atoms with Gasteiger partial charge in [0.1, 0.15) is 16.9 Å². The summed E-state index contributed by atoms with van der Waals surface area (Å²) in [5, 5.41) is 12.3. The Kier molecular flexibility index (Phi) is 4.48. The van der Waals surface area contributed by atoms with Crippen molar-refractivity contribution in [1.82, 2.24) is 0 Å². The van der Waals surface area contributed by atoms with Gasteiger partial charge in [0.25, 0.3) is 0 Å². The molecule has 0 amide bonds. The molecule has 0 aliphatic heterocycles. The van der Waals surface area contributed by atoms with Crippen molar-refractivity contribution in [3.05, 3.63) is 96.6 Å². The maximum Gasteiger partial charge on any atom is 0.135 e. The number of anilines is 3. The molecule has 5 rings (SSSR count). The average Bonchev–Trinajstić information content (AvgIpc) is 3.12. The Labute approximate surface area is 182 Å². The molecule has 0 saturated carbocycles. The summed E-state index contributed by atoms with van der Waals surface area (Å²) in [4.78, 5) is 2.16. The first kappa shape index (κ1) is 19.3. The maximum absolute atomic E-state index is 10.1. The van der Waals surface area contributed by atoms with E-state index in [4.69, 9.17) is 4.42 Å². The van der Waals surface area contributed by atoms with Crippen LogP contribution in [0.2, 0.25) is 0 Å². The summed E-state index contributed by atoms with van der Waals surface area (Å²) >= 11 is 0. The van der Waals surface area contributed by atoms with E-state index >= 15 is 0 Å². The molecular weight excluding hydrogens is 382 g/mol. The van der Waals surface area contributed by atoms with Crippen LogP contribution >= 0.6 is 0 Å². The summed E-state index contributed by atoms with van der Waals surface area (Å²) in [6, 6.07) is 30.3. The van der Waals surface area contributed by atoms with Gasteiger partial charge in [-0.25, -0.2) is 0 Å². The van der Waals surface area contributed by atoms with Crippen LogP contribution in [-0.4, -0.2) is 5.11 Å². The molecule has 0 aliphatic rings. The van der Waals surface area contributed by atoms with E-state index in [1.807, 2.05) is 36.4 Å². The SMILES string of the molecule is CC(C)(C)c1ccc(N(c2cccc(O)c2)c2ccc3oc4ccccc4c3c2)cc1. The normalized spacial score (nSPS) is 11.8. The predicted molar refractivity (Wildman–Crippen MR) is 129 cm³/mol. The van der Waals surface area contributed by atoms with Gasteiger partial charge >= 0.3 is 0 Å². The summed E-state index contributed by atoms with van der Waals surface area (Å²) in [6.07, 6.45) is 0. The Bertz CT molecular complexity index is 1370. The monoisotopic (exact) mass is 407 g/mol. The second-order valence-electron chi connectivity index (χ2n) is 8.93.